The molecule has 0 aliphatic carbocycles. The summed E-state index contributed by atoms with van der Waals surface area (Å²) < 4.78 is 84.1. The van der Waals surface area contributed by atoms with Crippen LogP contribution in [-0.2, 0) is 17.1 Å². The Kier molecular flexibility index (Phi) is 6.20. The molecule has 1 aliphatic heterocycles. The summed E-state index contributed by atoms with van der Waals surface area (Å²) in [6.07, 6.45) is -7.73. The van der Waals surface area contributed by atoms with E-state index in [1.54, 1.807) is 0 Å². The van der Waals surface area contributed by atoms with E-state index < -0.39 is 41.2 Å². The number of alkyl halides is 6. The number of hydrogen-bond donors (Lipinski definition) is 2. The summed E-state index contributed by atoms with van der Waals surface area (Å²) in [6, 6.07) is 2.87. The predicted molar refractivity (Wildman–Crippen MR) is 93.4 cm³/mol. The third-order valence-electron chi connectivity index (χ3n) is 4.53. The lowest BCUT2D eigenvalue weighted by molar-refractivity contribution is -0.139. The molecule has 2 amide bonds. The molecule has 2 N–H and O–H groups in total. The number of nitrogens with one attached hydrogen (secondary N) is 2. The summed E-state index contributed by atoms with van der Waals surface area (Å²) in [5.41, 5.74) is -2.57. The van der Waals surface area contributed by atoms with Gasteiger partial charge in [-0.2, -0.15) is 26.3 Å². The number of halogens is 6. The number of aromatic nitrogens is 1. The first-order valence-corrected chi connectivity index (χ1v) is 8.90. The Hall–Kier alpha value is -2.82. The third kappa shape index (κ3) is 5.21. The maximum atomic E-state index is 13.5. The Bertz CT molecular complexity index is 877. The number of carbonyl (C=O) groups is 1. The monoisotopic (exact) mass is 433 g/mol. The summed E-state index contributed by atoms with van der Waals surface area (Å²) in [5.74, 6) is 0. The van der Waals surface area contributed by atoms with E-state index in [1.807, 2.05) is 0 Å². The van der Waals surface area contributed by atoms with Gasteiger partial charge in [-0.1, -0.05) is 12.1 Å². The fraction of sp³-hybridized carbons (Fsp3) is 0.368. The lowest BCUT2D eigenvalue weighted by Crippen LogP contribution is -2.44. The maximum Gasteiger partial charge on any atom is 0.418 e. The van der Waals surface area contributed by atoms with Crippen molar-refractivity contribution in [2.75, 3.05) is 13.2 Å². The van der Waals surface area contributed by atoms with Gasteiger partial charge in [-0.05, 0) is 36.2 Å². The smallest absolute Gasteiger partial charge is 0.379 e. The van der Waals surface area contributed by atoms with E-state index in [-0.39, 0.29) is 18.2 Å². The molecule has 2 atom stereocenters. The number of nitrogens with zero attached hydrogens (tertiary/aromatic N) is 1. The highest BCUT2D eigenvalue weighted by atomic mass is 19.4. The largest absolute Gasteiger partial charge is 0.418 e. The van der Waals surface area contributed by atoms with E-state index in [9.17, 15) is 31.1 Å². The minimum absolute atomic E-state index is 0.0185. The van der Waals surface area contributed by atoms with Gasteiger partial charge in [-0.15, -0.1) is 0 Å². The number of carbonyl (C=O) groups excluding carboxylic acids is 1. The molecule has 3 rings (SSSR count). The number of rotatable bonds is 4. The van der Waals surface area contributed by atoms with Crippen molar-refractivity contribution in [3.8, 4) is 0 Å². The van der Waals surface area contributed by atoms with Gasteiger partial charge < -0.3 is 15.4 Å². The first-order valence-electron chi connectivity index (χ1n) is 8.90. The van der Waals surface area contributed by atoms with Crippen LogP contribution in [0.5, 0.6) is 0 Å². The van der Waals surface area contributed by atoms with E-state index in [4.69, 9.17) is 4.74 Å². The molecule has 1 aromatic carbocycles. The SMILES string of the molecule is O=C(NC1CCOC1)N[C@@H](c1ccc(C(F)(F)F)cc1)c1ncccc1C(F)(F)F. The summed E-state index contributed by atoms with van der Waals surface area (Å²) >= 11 is 0. The van der Waals surface area contributed by atoms with E-state index in [2.05, 4.69) is 15.6 Å². The first kappa shape index (κ1) is 21.9. The van der Waals surface area contributed by atoms with Gasteiger partial charge in [0.25, 0.3) is 0 Å². The summed E-state index contributed by atoms with van der Waals surface area (Å²) in [6.45, 7) is 0.696. The molecule has 0 bridgehead atoms. The van der Waals surface area contributed by atoms with Crippen LogP contribution in [0.3, 0.4) is 0 Å². The zero-order chi connectivity index (χ0) is 21.9. The minimum atomic E-state index is -4.77. The number of urea groups is 1. The summed E-state index contributed by atoms with van der Waals surface area (Å²) in [5, 5.41) is 4.98. The minimum Gasteiger partial charge on any atom is -0.379 e. The summed E-state index contributed by atoms with van der Waals surface area (Å²) in [7, 11) is 0. The number of hydrogen-bond acceptors (Lipinski definition) is 3. The molecule has 1 aliphatic rings. The molecule has 0 saturated carbocycles. The molecular formula is C19H17F6N3O2. The van der Waals surface area contributed by atoms with Crippen molar-refractivity contribution in [1.29, 1.82) is 0 Å². The molecule has 0 spiro atoms. The molecular weight excluding hydrogens is 416 g/mol. The van der Waals surface area contributed by atoms with Gasteiger partial charge in [-0.25, -0.2) is 4.79 Å². The zero-order valence-electron chi connectivity index (χ0n) is 15.3. The van der Waals surface area contributed by atoms with Gasteiger partial charge >= 0.3 is 18.4 Å². The van der Waals surface area contributed by atoms with Crippen LogP contribution in [0.15, 0.2) is 42.6 Å². The van der Waals surface area contributed by atoms with E-state index in [1.165, 1.54) is 0 Å². The van der Waals surface area contributed by atoms with Crippen LogP contribution < -0.4 is 10.6 Å². The predicted octanol–water partition coefficient (Wildman–Crippen LogP) is 4.30. The second kappa shape index (κ2) is 8.50. The molecule has 0 radical (unpaired) electrons. The van der Waals surface area contributed by atoms with Gasteiger partial charge in [0.15, 0.2) is 0 Å². The molecule has 162 valence electrons. The van der Waals surface area contributed by atoms with Gasteiger partial charge in [-0.3, -0.25) is 4.98 Å². The zero-order valence-corrected chi connectivity index (χ0v) is 15.3. The van der Waals surface area contributed by atoms with Crippen LogP contribution in [0.25, 0.3) is 0 Å². The van der Waals surface area contributed by atoms with Crippen LogP contribution in [0, 0.1) is 0 Å². The second-order valence-electron chi connectivity index (χ2n) is 6.67. The highest BCUT2D eigenvalue weighted by Gasteiger charge is 2.37. The Morgan fingerprint density at radius 1 is 1.07 bits per heavy atom. The molecule has 2 heterocycles. The Morgan fingerprint density at radius 3 is 2.33 bits per heavy atom. The van der Waals surface area contributed by atoms with Crippen molar-refractivity contribution in [3.05, 3.63) is 65.0 Å². The highest BCUT2D eigenvalue weighted by Crippen LogP contribution is 2.36. The standard InChI is InChI=1S/C19H17F6N3O2/c20-18(21,22)12-5-3-11(4-6-12)15(28-17(29)27-13-7-9-30-10-13)16-14(19(23,24)25)2-1-8-26-16/h1-6,8,13,15H,7,9-10H2,(H2,27,28,29)/t13?,15-/m0/s1. The average Bonchev–Trinajstić information content (AvgIpc) is 3.18. The van der Waals surface area contributed by atoms with Gasteiger partial charge in [0.1, 0.15) is 0 Å². The van der Waals surface area contributed by atoms with Crippen molar-refractivity contribution in [2.24, 2.45) is 0 Å². The second-order valence-corrected chi connectivity index (χ2v) is 6.67. The van der Waals surface area contributed by atoms with Crippen molar-refractivity contribution in [1.82, 2.24) is 15.6 Å². The highest BCUT2D eigenvalue weighted by molar-refractivity contribution is 5.75. The maximum absolute atomic E-state index is 13.5. The van der Waals surface area contributed by atoms with Crippen LogP contribution in [-0.4, -0.2) is 30.3 Å². The molecule has 5 nitrogen and oxygen atoms in total. The number of benzene rings is 1. The molecule has 1 aromatic heterocycles. The van der Waals surface area contributed by atoms with Gasteiger partial charge in [0.2, 0.25) is 0 Å². The van der Waals surface area contributed by atoms with Crippen LogP contribution in [0.2, 0.25) is 0 Å². The van der Waals surface area contributed by atoms with Crippen molar-refractivity contribution in [2.45, 2.75) is 30.9 Å². The summed E-state index contributed by atoms with van der Waals surface area (Å²) in [4.78, 5) is 16.1. The Balaban J connectivity index is 1.96. The fourth-order valence-electron chi connectivity index (χ4n) is 3.07. The molecule has 2 aromatic rings. The van der Waals surface area contributed by atoms with Crippen molar-refractivity contribution >= 4 is 6.03 Å². The molecule has 11 heteroatoms. The van der Waals surface area contributed by atoms with E-state index in [0.29, 0.717) is 13.0 Å². The molecule has 1 saturated heterocycles. The lowest BCUT2D eigenvalue weighted by Gasteiger charge is -2.23. The first-order chi connectivity index (χ1) is 14.1. The van der Waals surface area contributed by atoms with E-state index >= 15 is 0 Å². The molecule has 30 heavy (non-hydrogen) atoms. The average molecular weight is 433 g/mol. The Labute approximate surface area is 167 Å². The number of ether oxygens (including phenoxy) is 1. The lowest BCUT2D eigenvalue weighted by atomic mass is 9.98. The molecule has 1 unspecified atom stereocenters. The topological polar surface area (TPSA) is 63.2 Å². The third-order valence-corrected chi connectivity index (χ3v) is 4.53. The van der Waals surface area contributed by atoms with Crippen LogP contribution in [0.1, 0.15) is 34.8 Å². The quantitative estimate of drug-likeness (QED) is 0.707. The molecule has 1 fully saturated rings. The van der Waals surface area contributed by atoms with Crippen molar-refractivity contribution in [3.63, 3.8) is 0 Å². The number of pyridine rings is 1. The van der Waals surface area contributed by atoms with Crippen LogP contribution in [0.4, 0.5) is 31.1 Å². The fourth-order valence-corrected chi connectivity index (χ4v) is 3.07. The van der Waals surface area contributed by atoms with E-state index in [0.717, 1.165) is 42.6 Å². The van der Waals surface area contributed by atoms with Crippen LogP contribution >= 0.6 is 0 Å². The van der Waals surface area contributed by atoms with Gasteiger partial charge in [0, 0.05) is 12.8 Å². The Morgan fingerprint density at radius 2 is 1.77 bits per heavy atom. The van der Waals surface area contributed by atoms with Gasteiger partial charge in [0.05, 0.1) is 35.5 Å². The van der Waals surface area contributed by atoms with Crippen molar-refractivity contribution < 1.29 is 35.9 Å². The normalized spacial score (nSPS) is 18.1. The number of amides is 2.